The van der Waals surface area contributed by atoms with Gasteiger partial charge in [-0.25, -0.2) is 9.37 Å². The van der Waals surface area contributed by atoms with E-state index in [1.54, 1.807) is 17.0 Å². The lowest BCUT2D eigenvalue weighted by Gasteiger charge is -2.35. The van der Waals surface area contributed by atoms with Crippen LogP contribution in [0.1, 0.15) is 22.4 Å². The second kappa shape index (κ2) is 6.44. The largest absolute Gasteiger partial charge is 0.366 e. The molecular formula is C16H18FN3OS. The Labute approximate surface area is 133 Å². The number of halogens is 1. The average Bonchev–Trinajstić information content (AvgIpc) is 3.04. The maximum atomic E-state index is 13.8. The Hall–Kier alpha value is -1.95. The highest BCUT2D eigenvalue weighted by atomic mass is 32.1. The third-order valence-electron chi connectivity index (χ3n) is 3.83. The van der Waals surface area contributed by atoms with Gasteiger partial charge >= 0.3 is 0 Å². The van der Waals surface area contributed by atoms with Crippen LogP contribution >= 0.6 is 11.3 Å². The lowest BCUT2D eigenvalue weighted by molar-refractivity contribution is 0.0741. The van der Waals surface area contributed by atoms with Gasteiger partial charge in [-0.3, -0.25) is 4.79 Å². The van der Waals surface area contributed by atoms with Crippen LogP contribution < -0.4 is 4.90 Å². The van der Waals surface area contributed by atoms with E-state index in [2.05, 4.69) is 4.98 Å². The van der Waals surface area contributed by atoms with E-state index in [1.165, 1.54) is 17.4 Å². The van der Waals surface area contributed by atoms with Gasteiger partial charge in [0.15, 0.2) is 0 Å². The molecule has 0 radical (unpaired) electrons. The van der Waals surface area contributed by atoms with E-state index in [1.807, 2.05) is 23.3 Å². The molecule has 3 rings (SSSR count). The van der Waals surface area contributed by atoms with Gasteiger partial charge in [-0.1, -0.05) is 19.1 Å². The normalized spacial score (nSPS) is 15.2. The fourth-order valence-corrected chi connectivity index (χ4v) is 3.31. The van der Waals surface area contributed by atoms with E-state index in [4.69, 9.17) is 0 Å². The summed E-state index contributed by atoms with van der Waals surface area (Å²) < 4.78 is 13.8. The van der Waals surface area contributed by atoms with Crippen molar-refractivity contribution in [2.45, 2.75) is 13.3 Å². The summed E-state index contributed by atoms with van der Waals surface area (Å²) in [6.45, 7) is 4.48. The molecule has 0 saturated carbocycles. The molecule has 1 aliphatic rings. The number of carbonyl (C=O) groups is 1. The highest BCUT2D eigenvalue weighted by molar-refractivity contribution is 7.09. The Bertz CT molecular complexity index is 665. The smallest absolute Gasteiger partial charge is 0.273 e. The first-order chi connectivity index (χ1) is 10.7. The number of piperazine rings is 1. The number of aromatic nitrogens is 1. The van der Waals surface area contributed by atoms with Gasteiger partial charge < -0.3 is 9.80 Å². The molecule has 0 N–H and O–H groups in total. The lowest BCUT2D eigenvalue weighted by atomic mass is 10.2. The highest BCUT2D eigenvalue weighted by Gasteiger charge is 2.24. The standard InChI is InChI=1S/C16H18FN3OS/c1-2-15-18-13(11-22-15)16(21)20-9-7-19(8-10-20)14-6-4-3-5-12(14)17/h3-6,11H,2,7-10H2,1H3. The molecule has 0 aliphatic carbocycles. The Kier molecular flexibility index (Phi) is 4.38. The molecule has 0 atom stereocenters. The SMILES string of the molecule is CCc1nc(C(=O)N2CCN(c3ccccc3F)CC2)cs1. The minimum atomic E-state index is -0.214. The fourth-order valence-electron chi connectivity index (χ4n) is 2.59. The molecule has 1 aromatic carbocycles. The first-order valence-corrected chi connectivity index (χ1v) is 8.30. The quantitative estimate of drug-likeness (QED) is 0.873. The molecule has 1 fully saturated rings. The summed E-state index contributed by atoms with van der Waals surface area (Å²) in [5.74, 6) is -0.238. The van der Waals surface area contributed by atoms with Gasteiger partial charge in [0, 0.05) is 31.6 Å². The first-order valence-electron chi connectivity index (χ1n) is 7.42. The molecule has 1 aromatic heterocycles. The molecular weight excluding hydrogens is 301 g/mol. The van der Waals surface area contributed by atoms with Gasteiger partial charge in [0.05, 0.1) is 10.7 Å². The van der Waals surface area contributed by atoms with Crippen LogP contribution in [-0.4, -0.2) is 42.0 Å². The van der Waals surface area contributed by atoms with E-state index in [9.17, 15) is 9.18 Å². The fraction of sp³-hybridized carbons (Fsp3) is 0.375. The monoisotopic (exact) mass is 319 g/mol. The Balaban J connectivity index is 1.64. The summed E-state index contributed by atoms with van der Waals surface area (Å²) >= 11 is 1.52. The topological polar surface area (TPSA) is 36.4 Å². The number of para-hydroxylation sites is 1. The average molecular weight is 319 g/mol. The second-order valence-electron chi connectivity index (χ2n) is 5.21. The van der Waals surface area contributed by atoms with Gasteiger partial charge in [0.1, 0.15) is 11.5 Å². The molecule has 0 spiro atoms. The predicted octanol–water partition coefficient (Wildman–Crippen LogP) is 2.81. The Morgan fingerprint density at radius 2 is 2.00 bits per heavy atom. The molecule has 1 aliphatic heterocycles. The third kappa shape index (κ3) is 2.97. The molecule has 116 valence electrons. The van der Waals surface area contributed by atoms with Gasteiger partial charge in [-0.05, 0) is 18.6 Å². The molecule has 0 bridgehead atoms. The number of rotatable bonds is 3. The van der Waals surface area contributed by atoms with Crippen LogP contribution in [0.2, 0.25) is 0 Å². The summed E-state index contributed by atoms with van der Waals surface area (Å²) in [6.07, 6.45) is 0.846. The molecule has 2 heterocycles. The number of aryl methyl sites for hydroxylation is 1. The summed E-state index contributed by atoms with van der Waals surface area (Å²) in [7, 11) is 0. The van der Waals surface area contributed by atoms with E-state index in [-0.39, 0.29) is 11.7 Å². The number of carbonyl (C=O) groups excluding carboxylic acids is 1. The number of amides is 1. The maximum Gasteiger partial charge on any atom is 0.273 e. The van der Waals surface area contributed by atoms with Crippen LogP contribution in [0.5, 0.6) is 0 Å². The molecule has 4 nitrogen and oxygen atoms in total. The molecule has 2 aromatic rings. The zero-order chi connectivity index (χ0) is 15.5. The molecule has 1 saturated heterocycles. The van der Waals surface area contributed by atoms with Crippen LogP contribution in [0.25, 0.3) is 0 Å². The molecule has 6 heteroatoms. The highest BCUT2D eigenvalue weighted by Crippen LogP contribution is 2.21. The summed E-state index contributed by atoms with van der Waals surface area (Å²) in [6, 6.07) is 6.76. The van der Waals surface area contributed by atoms with E-state index < -0.39 is 0 Å². The summed E-state index contributed by atoms with van der Waals surface area (Å²) in [5, 5.41) is 2.80. The van der Waals surface area contributed by atoms with Crippen molar-refractivity contribution in [3.8, 4) is 0 Å². The Morgan fingerprint density at radius 3 is 2.64 bits per heavy atom. The zero-order valence-corrected chi connectivity index (χ0v) is 13.3. The van der Waals surface area contributed by atoms with Crippen molar-refractivity contribution >= 4 is 22.9 Å². The number of hydrogen-bond donors (Lipinski definition) is 0. The van der Waals surface area contributed by atoms with E-state index in [0.717, 1.165) is 11.4 Å². The predicted molar refractivity (Wildman–Crippen MR) is 86.0 cm³/mol. The van der Waals surface area contributed by atoms with E-state index in [0.29, 0.717) is 37.6 Å². The maximum absolute atomic E-state index is 13.8. The van der Waals surface area contributed by atoms with Crippen LogP contribution in [0, 0.1) is 5.82 Å². The number of anilines is 1. The summed E-state index contributed by atoms with van der Waals surface area (Å²) in [4.78, 5) is 20.5. The second-order valence-corrected chi connectivity index (χ2v) is 6.15. The van der Waals surface area contributed by atoms with Crippen LogP contribution in [-0.2, 0) is 6.42 Å². The van der Waals surface area contributed by atoms with Gasteiger partial charge in [0.2, 0.25) is 0 Å². The van der Waals surface area contributed by atoms with Crippen molar-refractivity contribution in [1.82, 2.24) is 9.88 Å². The molecule has 0 unspecified atom stereocenters. The first kappa shape index (κ1) is 15.0. The number of nitrogens with zero attached hydrogens (tertiary/aromatic N) is 3. The Morgan fingerprint density at radius 1 is 1.27 bits per heavy atom. The third-order valence-corrected chi connectivity index (χ3v) is 4.83. The van der Waals surface area contributed by atoms with Crippen LogP contribution in [0.4, 0.5) is 10.1 Å². The molecule has 1 amide bonds. The number of thiazole rings is 1. The van der Waals surface area contributed by atoms with Gasteiger partial charge in [-0.2, -0.15) is 0 Å². The van der Waals surface area contributed by atoms with Crippen LogP contribution in [0.15, 0.2) is 29.6 Å². The van der Waals surface area contributed by atoms with Crippen molar-refractivity contribution in [3.05, 3.63) is 46.2 Å². The van der Waals surface area contributed by atoms with Crippen molar-refractivity contribution in [1.29, 1.82) is 0 Å². The van der Waals surface area contributed by atoms with Crippen molar-refractivity contribution in [2.75, 3.05) is 31.1 Å². The van der Waals surface area contributed by atoms with Gasteiger partial charge in [-0.15, -0.1) is 11.3 Å². The van der Waals surface area contributed by atoms with Crippen molar-refractivity contribution in [2.24, 2.45) is 0 Å². The van der Waals surface area contributed by atoms with E-state index >= 15 is 0 Å². The zero-order valence-electron chi connectivity index (χ0n) is 12.5. The van der Waals surface area contributed by atoms with Crippen LogP contribution in [0.3, 0.4) is 0 Å². The van der Waals surface area contributed by atoms with Crippen molar-refractivity contribution in [3.63, 3.8) is 0 Å². The van der Waals surface area contributed by atoms with Gasteiger partial charge in [0.25, 0.3) is 5.91 Å². The lowest BCUT2D eigenvalue weighted by Crippen LogP contribution is -2.49. The molecule has 22 heavy (non-hydrogen) atoms. The number of hydrogen-bond acceptors (Lipinski definition) is 4. The summed E-state index contributed by atoms with van der Waals surface area (Å²) in [5.41, 5.74) is 1.14. The number of benzene rings is 1. The minimum Gasteiger partial charge on any atom is -0.366 e. The minimum absolute atomic E-state index is 0.0240. The van der Waals surface area contributed by atoms with Crippen molar-refractivity contribution < 1.29 is 9.18 Å².